The lowest BCUT2D eigenvalue weighted by atomic mass is 9.98. The van der Waals surface area contributed by atoms with E-state index in [1.54, 1.807) is 0 Å². The highest BCUT2D eigenvalue weighted by molar-refractivity contribution is 6.21. The minimum absolute atomic E-state index is 0.591. The number of aromatic nitrogens is 1. The van der Waals surface area contributed by atoms with E-state index >= 15 is 0 Å². The Morgan fingerprint density at radius 3 is 1.57 bits per heavy atom. The van der Waals surface area contributed by atoms with Crippen LogP contribution in [0.5, 0.6) is 0 Å². The number of hydrogen-bond acceptors (Lipinski definition) is 4. The van der Waals surface area contributed by atoms with Gasteiger partial charge in [-0.2, -0.15) is 0 Å². The lowest BCUT2D eigenvalue weighted by Crippen LogP contribution is -2.10. The van der Waals surface area contributed by atoms with Crippen molar-refractivity contribution in [1.82, 2.24) is 4.98 Å². The van der Waals surface area contributed by atoms with E-state index in [-0.39, 0.29) is 0 Å². The van der Waals surface area contributed by atoms with Gasteiger partial charge in [0.05, 0.1) is 5.39 Å². The Labute approximate surface area is 306 Å². The minimum Gasteiger partial charge on any atom is -0.456 e. The third kappa shape index (κ3) is 5.54. The van der Waals surface area contributed by atoms with Gasteiger partial charge in [-0.1, -0.05) is 127 Å². The Morgan fingerprint density at radius 2 is 0.868 bits per heavy atom. The highest BCUT2D eigenvalue weighted by atomic mass is 16.4. The molecular weight excluding hydrogens is 649 g/mol. The van der Waals surface area contributed by atoms with Crippen molar-refractivity contribution in [1.29, 1.82) is 0 Å². The van der Waals surface area contributed by atoms with Crippen LogP contribution in [0.2, 0.25) is 0 Å². The summed E-state index contributed by atoms with van der Waals surface area (Å²) in [6.45, 7) is 0. The van der Waals surface area contributed by atoms with Crippen molar-refractivity contribution in [3.63, 3.8) is 0 Å². The molecule has 0 bridgehead atoms. The van der Waals surface area contributed by atoms with Crippen molar-refractivity contribution in [3.05, 3.63) is 194 Å². The zero-order valence-electron chi connectivity index (χ0n) is 28.7. The maximum atomic E-state index is 6.46. The summed E-state index contributed by atoms with van der Waals surface area (Å²) in [4.78, 5) is 7.35. The number of nitrogens with zero attached hydrogens (tertiary/aromatic N) is 2. The Morgan fingerprint density at radius 1 is 0.340 bits per heavy atom. The number of rotatable bonds is 7. The van der Waals surface area contributed by atoms with E-state index in [1.165, 1.54) is 16.7 Å². The molecule has 0 fully saturated rings. The molecule has 0 radical (unpaired) electrons. The number of oxazole rings is 1. The Kier molecular flexibility index (Phi) is 7.43. The monoisotopic (exact) mass is 680 g/mol. The molecule has 0 saturated carbocycles. The van der Waals surface area contributed by atoms with Crippen LogP contribution in [0.4, 0.5) is 17.1 Å². The smallest absolute Gasteiger partial charge is 0.227 e. The molecule has 53 heavy (non-hydrogen) atoms. The molecule has 8 aromatic carbocycles. The van der Waals surface area contributed by atoms with Gasteiger partial charge in [-0.25, -0.2) is 4.98 Å². The normalized spacial score (nSPS) is 11.4. The number of furan rings is 1. The van der Waals surface area contributed by atoms with E-state index in [9.17, 15) is 0 Å². The fraction of sp³-hybridized carbons (Fsp3) is 0. The van der Waals surface area contributed by atoms with Gasteiger partial charge < -0.3 is 13.7 Å². The summed E-state index contributed by atoms with van der Waals surface area (Å²) < 4.78 is 12.8. The number of anilines is 3. The van der Waals surface area contributed by atoms with E-state index in [2.05, 4.69) is 150 Å². The van der Waals surface area contributed by atoms with Gasteiger partial charge in [-0.15, -0.1) is 0 Å². The van der Waals surface area contributed by atoms with Crippen LogP contribution in [0, 0.1) is 0 Å². The first kappa shape index (κ1) is 30.6. The standard InChI is InChI=1S/C49H32N2O2/c1-4-13-33(14-5-1)35-25-27-39(28-26-35)51(40-21-10-19-37(31-40)34-15-6-2-7-16-34)41-22-11-20-38(32-41)42-23-12-24-43-46(42)47-44(52-43)29-30-45-48(47)50-49(53-45)36-17-8-3-9-18-36/h1-32H. The summed E-state index contributed by atoms with van der Waals surface area (Å²) in [7, 11) is 0. The molecule has 0 amide bonds. The predicted octanol–water partition coefficient (Wildman–Crippen LogP) is 13.9. The first-order valence-electron chi connectivity index (χ1n) is 17.8. The molecule has 250 valence electrons. The van der Waals surface area contributed by atoms with Crippen LogP contribution in [-0.2, 0) is 0 Å². The number of benzene rings is 8. The van der Waals surface area contributed by atoms with Gasteiger partial charge in [-0.3, -0.25) is 0 Å². The first-order valence-corrected chi connectivity index (χ1v) is 17.8. The summed E-state index contributed by atoms with van der Waals surface area (Å²) in [5, 5.41) is 1.97. The molecule has 0 saturated heterocycles. The molecule has 10 aromatic rings. The molecule has 10 rings (SSSR count). The molecule has 0 aliphatic rings. The third-order valence-electron chi connectivity index (χ3n) is 9.90. The zero-order chi connectivity index (χ0) is 35.1. The van der Waals surface area contributed by atoms with Gasteiger partial charge in [0.1, 0.15) is 16.7 Å². The Hall–Kier alpha value is -7.17. The van der Waals surface area contributed by atoms with Crippen molar-refractivity contribution in [2.75, 3.05) is 4.90 Å². The van der Waals surface area contributed by atoms with E-state index in [0.717, 1.165) is 72.4 Å². The molecule has 0 N–H and O–H groups in total. The van der Waals surface area contributed by atoms with Crippen LogP contribution >= 0.6 is 0 Å². The molecule has 2 aromatic heterocycles. The summed E-state index contributed by atoms with van der Waals surface area (Å²) in [6.07, 6.45) is 0. The van der Waals surface area contributed by atoms with Crippen LogP contribution < -0.4 is 4.90 Å². The van der Waals surface area contributed by atoms with Gasteiger partial charge in [0.25, 0.3) is 0 Å². The maximum Gasteiger partial charge on any atom is 0.227 e. The van der Waals surface area contributed by atoms with E-state index in [1.807, 2.05) is 48.5 Å². The van der Waals surface area contributed by atoms with Crippen molar-refractivity contribution in [2.24, 2.45) is 0 Å². The highest BCUT2D eigenvalue weighted by Crippen LogP contribution is 2.43. The minimum atomic E-state index is 0.591. The first-order chi connectivity index (χ1) is 26.3. The summed E-state index contributed by atoms with van der Waals surface area (Å²) in [5.41, 5.74) is 14.1. The van der Waals surface area contributed by atoms with E-state index in [0.29, 0.717) is 5.89 Å². The zero-order valence-corrected chi connectivity index (χ0v) is 28.7. The van der Waals surface area contributed by atoms with Gasteiger partial charge in [0.2, 0.25) is 5.89 Å². The lowest BCUT2D eigenvalue weighted by molar-refractivity contribution is 0.619. The van der Waals surface area contributed by atoms with Crippen molar-refractivity contribution >= 4 is 50.1 Å². The quantitative estimate of drug-likeness (QED) is 0.168. The third-order valence-corrected chi connectivity index (χ3v) is 9.90. The van der Waals surface area contributed by atoms with Crippen LogP contribution in [-0.4, -0.2) is 4.98 Å². The molecule has 0 atom stereocenters. The van der Waals surface area contributed by atoms with Crippen molar-refractivity contribution in [3.8, 4) is 44.8 Å². The summed E-state index contributed by atoms with van der Waals surface area (Å²) >= 11 is 0. The molecule has 0 aliphatic carbocycles. The van der Waals surface area contributed by atoms with Gasteiger partial charge >= 0.3 is 0 Å². The molecule has 4 nitrogen and oxygen atoms in total. The second kappa shape index (κ2) is 12.9. The molecule has 0 unspecified atom stereocenters. The number of hydrogen-bond donors (Lipinski definition) is 0. The fourth-order valence-electron chi connectivity index (χ4n) is 7.39. The van der Waals surface area contributed by atoms with Crippen molar-refractivity contribution in [2.45, 2.75) is 0 Å². The Balaban J connectivity index is 1.14. The lowest BCUT2D eigenvalue weighted by Gasteiger charge is -2.27. The van der Waals surface area contributed by atoms with Crippen LogP contribution in [0.15, 0.2) is 203 Å². The molecule has 2 heterocycles. The fourth-order valence-corrected chi connectivity index (χ4v) is 7.39. The Bertz CT molecular complexity index is 2870. The van der Waals surface area contributed by atoms with Gasteiger partial charge in [0.15, 0.2) is 5.58 Å². The van der Waals surface area contributed by atoms with Crippen LogP contribution in [0.25, 0.3) is 77.9 Å². The summed E-state index contributed by atoms with van der Waals surface area (Å²) in [5.74, 6) is 0.591. The topological polar surface area (TPSA) is 42.4 Å². The molecule has 0 spiro atoms. The average Bonchev–Trinajstić information content (AvgIpc) is 3.85. The highest BCUT2D eigenvalue weighted by Gasteiger charge is 2.20. The average molecular weight is 681 g/mol. The van der Waals surface area contributed by atoms with Crippen LogP contribution in [0.1, 0.15) is 0 Å². The largest absolute Gasteiger partial charge is 0.456 e. The van der Waals surface area contributed by atoms with Crippen LogP contribution in [0.3, 0.4) is 0 Å². The second-order valence-electron chi connectivity index (χ2n) is 13.2. The molecule has 0 aliphatic heterocycles. The summed E-state index contributed by atoms with van der Waals surface area (Å²) in [6, 6.07) is 67.6. The van der Waals surface area contributed by atoms with E-state index < -0.39 is 0 Å². The molecule has 4 heteroatoms. The predicted molar refractivity (Wildman–Crippen MR) is 218 cm³/mol. The number of fused-ring (bicyclic) bond motifs is 5. The SMILES string of the molecule is c1ccc(-c2ccc(N(c3cccc(-c4ccccc4)c3)c3cccc(-c4cccc5oc6ccc7oc(-c8ccccc8)nc7c6c45)c3)cc2)cc1. The van der Waals surface area contributed by atoms with Gasteiger partial charge in [0, 0.05) is 28.0 Å². The van der Waals surface area contributed by atoms with Crippen molar-refractivity contribution < 1.29 is 8.83 Å². The molecular formula is C49H32N2O2. The van der Waals surface area contributed by atoms with E-state index in [4.69, 9.17) is 13.8 Å². The maximum absolute atomic E-state index is 6.46. The second-order valence-corrected chi connectivity index (χ2v) is 13.2. The van der Waals surface area contributed by atoms with Gasteiger partial charge in [-0.05, 0) is 100 Å².